The monoisotopic (exact) mass is 238 g/mol. The first-order valence-electron chi connectivity index (χ1n) is 5.83. The Morgan fingerprint density at radius 3 is 2.40 bits per heavy atom. The van der Waals surface area contributed by atoms with Crippen molar-refractivity contribution < 1.29 is 14.9 Å². The molecule has 0 aliphatic rings. The van der Waals surface area contributed by atoms with Gasteiger partial charge in [-0.1, -0.05) is 39.0 Å². The minimum Gasteiger partial charge on any atom is -0.348 e. The van der Waals surface area contributed by atoms with E-state index in [0.717, 1.165) is 12.8 Å². The Labute approximate surface area is 97.6 Å². The number of ether oxygens (including phenoxy) is 1. The summed E-state index contributed by atoms with van der Waals surface area (Å²) in [6.45, 7) is 2.62. The quantitative estimate of drug-likeness (QED) is 0.196. The van der Waals surface area contributed by atoms with Gasteiger partial charge in [-0.3, -0.25) is 0 Å². The van der Waals surface area contributed by atoms with Gasteiger partial charge in [0.15, 0.2) is 6.29 Å². The molecule has 1 N–H and O–H groups in total. The Morgan fingerprint density at radius 2 is 1.80 bits per heavy atom. The normalized spacial score (nSPS) is 13.0. The maximum absolute atomic E-state index is 8.53. The van der Waals surface area contributed by atoms with E-state index in [0.29, 0.717) is 12.5 Å². The van der Waals surface area contributed by atoms with Crippen LogP contribution in [-0.4, -0.2) is 24.0 Å². The summed E-state index contributed by atoms with van der Waals surface area (Å²) < 4.78 is 5.16. The summed E-state index contributed by atoms with van der Waals surface area (Å²) in [6, 6.07) is 0. The molecule has 0 aromatic rings. The molecule has 0 radical (unpaired) electrons. The van der Waals surface area contributed by atoms with Gasteiger partial charge in [-0.05, 0) is 6.42 Å². The van der Waals surface area contributed by atoms with Gasteiger partial charge in [0.05, 0.1) is 6.61 Å². The van der Waals surface area contributed by atoms with Gasteiger partial charge in [0, 0.05) is 12.3 Å². The van der Waals surface area contributed by atoms with Crippen molar-refractivity contribution >= 4 is 11.6 Å². The molecule has 0 saturated heterocycles. The van der Waals surface area contributed by atoms with Crippen LogP contribution in [0.2, 0.25) is 0 Å². The predicted molar refractivity (Wildman–Crippen MR) is 62.2 cm³/mol. The molecule has 0 aromatic heterocycles. The van der Waals surface area contributed by atoms with Crippen molar-refractivity contribution in [2.75, 3.05) is 12.5 Å². The number of hydrogen-bond donors (Lipinski definition) is 1. The average molecular weight is 239 g/mol. The first-order chi connectivity index (χ1) is 7.35. The fourth-order valence-electron chi connectivity index (χ4n) is 1.43. The van der Waals surface area contributed by atoms with Crippen LogP contribution >= 0.6 is 11.6 Å². The molecule has 0 heterocycles. The summed E-state index contributed by atoms with van der Waals surface area (Å²) in [5.74, 6) is 0.427. The highest BCUT2D eigenvalue weighted by Gasteiger charge is 2.07. The van der Waals surface area contributed by atoms with Gasteiger partial charge in [-0.25, -0.2) is 10.1 Å². The third kappa shape index (κ3) is 10.5. The van der Waals surface area contributed by atoms with Crippen LogP contribution in [0.5, 0.6) is 0 Å². The molecule has 0 amide bonds. The SMILES string of the molecule is CCCCCCCCC(OO)OCCCl. The highest BCUT2D eigenvalue weighted by Crippen LogP contribution is 2.10. The highest BCUT2D eigenvalue weighted by molar-refractivity contribution is 6.17. The first kappa shape index (κ1) is 15.2. The summed E-state index contributed by atoms with van der Waals surface area (Å²) in [5, 5.41) is 8.53. The summed E-state index contributed by atoms with van der Waals surface area (Å²) in [6.07, 6.45) is 7.55. The van der Waals surface area contributed by atoms with Crippen LogP contribution in [0.1, 0.15) is 51.9 Å². The summed E-state index contributed by atoms with van der Waals surface area (Å²) >= 11 is 5.46. The van der Waals surface area contributed by atoms with Crippen molar-refractivity contribution in [3.05, 3.63) is 0 Å². The van der Waals surface area contributed by atoms with Crippen LogP contribution in [0, 0.1) is 0 Å². The van der Waals surface area contributed by atoms with E-state index >= 15 is 0 Å². The van der Waals surface area contributed by atoms with Crippen LogP contribution < -0.4 is 0 Å². The Bertz CT molecular complexity index is 122. The van der Waals surface area contributed by atoms with Gasteiger partial charge in [0.1, 0.15) is 0 Å². The zero-order chi connectivity index (χ0) is 11.4. The lowest BCUT2D eigenvalue weighted by molar-refractivity contribution is -0.346. The lowest BCUT2D eigenvalue weighted by atomic mass is 10.1. The molecule has 4 heteroatoms. The van der Waals surface area contributed by atoms with E-state index < -0.39 is 6.29 Å². The number of alkyl halides is 1. The predicted octanol–water partition coefficient (Wildman–Crippen LogP) is 3.81. The third-order valence-corrected chi connectivity index (χ3v) is 2.45. The van der Waals surface area contributed by atoms with E-state index in [1.165, 1.54) is 32.1 Å². The molecule has 1 atom stereocenters. The van der Waals surface area contributed by atoms with E-state index in [1.807, 2.05) is 0 Å². The smallest absolute Gasteiger partial charge is 0.190 e. The number of hydrogen-bond acceptors (Lipinski definition) is 3. The molecule has 0 aliphatic carbocycles. The van der Waals surface area contributed by atoms with E-state index in [9.17, 15) is 0 Å². The van der Waals surface area contributed by atoms with Gasteiger partial charge in [-0.15, -0.1) is 11.6 Å². The summed E-state index contributed by atoms with van der Waals surface area (Å²) in [7, 11) is 0. The molecule has 0 rings (SSSR count). The van der Waals surface area contributed by atoms with Crippen LogP contribution in [0.4, 0.5) is 0 Å². The van der Waals surface area contributed by atoms with Crippen LogP contribution in [0.25, 0.3) is 0 Å². The Kier molecular flexibility index (Phi) is 12.4. The lowest BCUT2D eigenvalue weighted by Gasteiger charge is -2.13. The molecular weight excluding hydrogens is 216 g/mol. The molecule has 1 unspecified atom stereocenters. The molecular formula is C11H23ClO3. The Hall–Kier alpha value is 0.170. The second-order valence-corrected chi connectivity index (χ2v) is 4.03. The summed E-state index contributed by atoms with van der Waals surface area (Å²) in [5.41, 5.74) is 0. The maximum atomic E-state index is 8.53. The molecule has 0 spiro atoms. The fraction of sp³-hybridized carbons (Fsp3) is 1.00. The van der Waals surface area contributed by atoms with E-state index in [1.54, 1.807) is 0 Å². The standard InChI is InChI=1S/C11H23ClO3/c1-2-3-4-5-6-7-8-11(15-13)14-10-9-12/h11,13H,2-10H2,1H3. The minimum absolute atomic E-state index is 0.419. The molecule has 0 saturated carbocycles. The van der Waals surface area contributed by atoms with Crippen molar-refractivity contribution in [2.45, 2.75) is 58.2 Å². The van der Waals surface area contributed by atoms with Crippen molar-refractivity contribution in [1.82, 2.24) is 0 Å². The second-order valence-electron chi connectivity index (χ2n) is 3.65. The average Bonchev–Trinajstić information content (AvgIpc) is 2.27. The van der Waals surface area contributed by atoms with Crippen molar-refractivity contribution in [2.24, 2.45) is 0 Å². The van der Waals surface area contributed by atoms with Gasteiger partial charge < -0.3 is 4.74 Å². The van der Waals surface area contributed by atoms with Crippen LogP contribution in [-0.2, 0) is 9.62 Å². The van der Waals surface area contributed by atoms with E-state index in [4.69, 9.17) is 21.6 Å². The molecule has 0 bridgehead atoms. The van der Waals surface area contributed by atoms with Crippen molar-refractivity contribution in [1.29, 1.82) is 0 Å². The molecule has 0 aliphatic heterocycles. The van der Waals surface area contributed by atoms with Gasteiger partial charge in [0.2, 0.25) is 0 Å². The fourth-order valence-corrected chi connectivity index (χ4v) is 1.52. The highest BCUT2D eigenvalue weighted by atomic mass is 35.5. The molecule has 0 fully saturated rings. The largest absolute Gasteiger partial charge is 0.348 e. The van der Waals surface area contributed by atoms with Crippen LogP contribution in [0.3, 0.4) is 0 Å². The molecule has 0 aromatic carbocycles. The minimum atomic E-state index is -0.505. The number of halogens is 1. The van der Waals surface area contributed by atoms with Crippen molar-refractivity contribution in [3.63, 3.8) is 0 Å². The summed E-state index contributed by atoms with van der Waals surface area (Å²) in [4.78, 5) is 4.20. The van der Waals surface area contributed by atoms with E-state index in [-0.39, 0.29) is 0 Å². The van der Waals surface area contributed by atoms with Gasteiger partial charge >= 0.3 is 0 Å². The first-order valence-corrected chi connectivity index (χ1v) is 6.36. The Morgan fingerprint density at radius 1 is 1.13 bits per heavy atom. The number of rotatable bonds is 11. The van der Waals surface area contributed by atoms with Crippen LogP contribution in [0.15, 0.2) is 0 Å². The Balaban J connectivity index is 3.22. The zero-order valence-corrected chi connectivity index (χ0v) is 10.3. The van der Waals surface area contributed by atoms with Crippen molar-refractivity contribution in [3.8, 4) is 0 Å². The van der Waals surface area contributed by atoms with E-state index in [2.05, 4.69) is 11.8 Å². The maximum Gasteiger partial charge on any atom is 0.190 e. The molecule has 15 heavy (non-hydrogen) atoms. The lowest BCUT2D eigenvalue weighted by Crippen LogP contribution is -2.16. The third-order valence-electron chi connectivity index (χ3n) is 2.29. The number of unbranched alkanes of at least 4 members (excludes halogenated alkanes) is 5. The second kappa shape index (κ2) is 12.2. The van der Waals surface area contributed by atoms with Gasteiger partial charge in [-0.2, -0.15) is 0 Å². The zero-order valence-electron chi connectivity index (χ0n) is 9.58. The molecule has 92 valence electrons. The van der Waals surface area contributed by atoms with Gasteiger partial charge in [0.25, 0.3) is 0 Å². The molecule has 3 nitrogen and oxygen atoms in total. The topological polar surface area (TPSA) is 38.7 Å².